The van der Waals surface area contributed by atoms with Crippen LogP contribution in [0.15, 0.2) is 42.5 Å². The molecule has 0 spiro atoms. The van der Waals surface area contributed by atoms with Crippen LogP contribution in [0.2, 0.25) is 0 Å². The molecule has 0 aromatic heterocycles. The number of hydrogen-bond donors (Lipinski definition) is 2. The van der Waals surface area contributed by atoms with E-state index in [9.17, 15) is 9.36 Å². The van der Waals surface area contributed by atoms with Gasteiger partial charge in [0.05, 0.1) is 11.4 Å². The minimum atomic E-state index is -4.16. The fourth-order valence-corrected chi connectivity index (χ4v) is 5.31. The normalized spacial score (nSPS) is 24.0. The second-order valence-corrected chi connectivity index (χ2v) is 10.2. The van der Waals surface area contributed by atoms with Crippen molar-refractivity contribution in [2.75, 3.05) is 12.7 Å². The van der Waals surface area contributed by atoms with Crippen LogP contribution in [0.5, 0.6) is 0 Å². The predicted molar refractivity (Wildman–Crippen MR) is 114 cm³/mol. The van der Waals surface area contributed by atoms with Crippen molar-refractivity contribution in [1.82, 2.24) is 4.90 Å². The smallest absolute Gasteiger partial charge is 0.324 e. The first-order valence-electron chi connectivity index (χ1n) is 8.84. The molecule has 1 heterocycles. The highest BCUT2D eigenvalue weighted by molar-refractivity contribution is 8.24. The quantitative estimate of drug-likeness (QED) is 0.533. The van der Waals surface area contributed by atoms with E-state index in [0.29, 0.717) is 16.7 Å². The second kappa shape index (κ2) is 8.41. The van der Waals surface area contributed by atoms with Gasteiger partial charge in [0, 0.05) is 12.5 Å². The zero-order valence-electron chi connectivity index (χ0n) is 14.9. The van der Waals surface area contributed by atoms with E-state index < -0.39 is 7.60 Å². The van der Waals surface area contributed by atoms with Crippen molar-refractivity contribution in [3.05, 3.63) is 53.6 Å². The Balaban J connectivity index is 1.72. The molecule has 2 unspecified atom stereocenters. The molecule has 8 heteroatoms. The number of carbonyl (C=O) groups excluding carboxylic acids is 1. The first kappa shape index (κ1) is 20.5. The maximum atomic E-state index is 12.6. The molecular weight excluding hydrogens is 401 g/mol. The highest BCUT2D eigenvalue weighted by atomic mass is 32.2. The number of rotatable bonds is 6. The van der Waals surface area contributed by atoms with Gasteiger partial charge in [-0.3, -0.25) is 14.3 Å². The van der Waals surface area contributed by atoms with Gasteiger partial charge in [-0.15, -0.1) is 0 Å². The number of carbonyl (C=O) groups is 1. The molecule has 0 bridgehead atoms. The lowest BCUT2D eigenvalue weighted by atomic mass is 9.83. The summed E-state index contributed by atoms with van der Waals surface area (Å²) in [5.41, 5.74) is 3.60. The van der Waals surface area contributed by atoms with Crippen molar-refractivity contribution in [3.8, 4) is 0 Å². The Morgan fingerprint density at radius 3 is 2.78 bits per heavy atom. The molecule has 1 aliphatic heterocycles. The fourth-order valence-electron chi connectivity index (χ4n) is 3.34. The standard InChI is InChI=1S/C19H22NO4PS2/c1-2-13-7-8-14(16-6-4-3-5-15(13)16)9-10-17-18(21)20(19(26)27-17)11-12-25(22,23)24/h3-9,13,17H,2,10-12H2,1H3,(H2,22,23,24). The van der Waals surface area contributed by atoms with Gasteiger partial charge in [0.25, 0.3) is 0 Å². The molecule has 1 fully saturated rings. The molecule has 1 aromatic carbocycles. The second-order valence-electron chi connectivity index (χ2n) is 6.61. The van der Waals surface area contributed by atoms with Crippen molar-refractivity contribution in [3.63, 3.8) is 0 Å². The van der Waals surface area contributed by atoms with Crippen LogP contribution >= 0.6 is 31.6 Å². The van der Waals surface area contributed by atoms with E-state index in [1.165, 1.54) is 27.8 Å². The Morgan fingerprint density at radius 1 is 1.33 bits per heavy atom. The maximum absolute atomic E-state index is 12.6. The van der Waals surface area contributed by atoms with Crippen LogP contribution in [-0.4, -0.2) is 42.9 Å². The van der Waals surface area contributed by atoms with Crippen LogP contribution in [0.25, 0.3) is 5.57 Å². The van der Waals surface area contributed by atoms with Crippen molar-refractivity contribution < 1.29 is 19.1 Å². The molecule has 2 N–H and O–H groups in total. The zero-order valence-corrected chi connectivity index (χ0v) is 17.5. The summed E-state index contributed by atoms with van der Waals surface area (Å²) in [4.78, 5) is 31.9. The molecule has 1 saturated heterocycles. The topological polar surface area (TPSA) is 77.8 Å². The average Bonchev–Trinajstić information content (AvgIpc) is 2.90. The van der Waals surface area contributed by atoms with E-state index in [1.807, 2.05) is 12.1 Å². The summed E-state index contributed by atoms with van der Waals surface area (Å²) in [5, 5.41) is -0.341. The first-order chi connectivity index (χ1) is 12.8. The molecule has 27 heavy (non-hydrogen) atoms. The number of thioether (sulfide) groups is 1. The summed E-state index contributed by atoms with van der Waals surface area (Å²) < 4.78 is 11.5. The Kier molecular flexibility index (Phi) is 6.39. The number of fused-ring (bicyclic) bond motifs is 1. The zero-order chi connectivity index (χ0) is 19.6. The van der Waals surface area contributed by atoms with Gasteiger partial charge in [0.1, 0.15) is 4.32 Å². The van der Waals surface area contributed by atoms with Crippen LogP contribution in [-0.2, 0) is 9.36 Å². The van der Waals surface area contributed by atoms with E-state index in [1.54, 1.807) is 0 Å². The van der Waals surface area contributed by atoms with Gasteiger partial charge in [0.15, 0.2) is 0 Å². The fraction of sp³-hybridized carbons (Fsp3) is 0.368. The largest absolute Gasteiger partial charge is 0.327 e. The van der Waals surface area contributed by atoms with E-state index >= 15 is 0 Å². The van der Waals surface area contributed by atoms with E-state index in [0.717, 1.165) is 12.0 Å². The molecule has 3 rings (SSSR count). The van der Waals surface area contributed by atoms with Gasteiger partial charge >= 0.3 is 7.60 Å². The van der Waals surface area contributed by atoms with Crippen LogP contribution in [0, 0.1) is 0 Å². The predicted octanol–water partition coefficient (Wildman–Crippen LogP) is 3.93. The average molecular weight is 423 g/mol. The Bertz CT molecular complexity index is 861. The van der Waals surface area contributed by atoms with Crippen LogP contribution in [0.1, 0.15) is 36.8 Å². The number of amides is 1. The monoisotopic (exact) mass is 423 g/mol. The van der Waals surface area contributed by atoms with Gasteiger partial charge in [0.2, 0.25) is 5.91 Å². The van der Waals surface area contributed by atoms with Crippen LogP contribution in [0.4, 0.5) is 0 Å². The van der Waals surface area contributed by atoms with Gasteiger partial charge in [-0.05, 0) is 29.5 Å². The molecule has 2 aliphatic rings. The number of nitrogens with zero attached hydrogens (tertiary/aromatic N) is 1. The highest BCUT2D eigenvalue weighted by Crippen LogP contribution is 2.38. The summed E-state index contributed by atoms with van der Waals surface area (Å²) in [7, 11) is -4.16. The third-order valence-corrected chi connectivity index (χ3v) is 7.18. The minimum Gasteiger partial charge on any atom is -0.324 e. The third-order valence-electron chi connectivity index (χ3n) is 4.79. The maximum Gasteiger partial charge on any atom is 0.327 e. The van der Waals surface area contributed by atoms with Crippen LogP contribution in [0.3, 0.4) is 0 Å². The summed E-state index contributed by atoms with van der Waals surface area (Å²) in [6, 6.07) is 8.32. The van der Waals surface area contributed by atoms with Gasteiger partial charge < -0.3 is 9.79 Å². The minimum absolute atomic E-state index is 0.0388. The molecule has 1 aromatic rings. The molecule has 1 aliphatic carbocycles. The first-order valence-corrected chi connectivity index (χ1v) is 11.9. The van der Waals surface area contributed by atoms with Gasteiger partial charge in [-0.25, -0.2) is 0 Å². The Morgan fingerprint density at radius 2 is 2.07 bits per heavy atom. The number of allylic oxidation sites excluding steroid dienone is 4. The molecule has 0 radical (unpaired) electrons. The number of thiocarbonyl (C=S) groups is 1. The number of benzene rings is 1. The number of hydrogen-bond acceptors (Lipinski definition) is 4. The van der Waals surface area contributed by atoms with E-state index in [2.05, 4.69) is 37.3 Å². The van der Waals surface area contributed by atoms with Crippen LogP contribution < -0.4 is 0 Å². The summed E-state index contributed by atoms with van der Waals surface area (Å²) in [5.74, 6) is 0.242. The van der Waals surface area contributed by atoms with Crippen molar-refractivity contribution in [1.29, 1.82) is 0 Å². The molecule has 144 valence electrons. The summed E-state index contributed by atoms with van der Waals surface area (Å²) >= 11 is 6.52. The van der Waals surface area contributed by atoms with Crippen molar-refractivity contribution in [2.45, 2.75) is 30.9 Å². The Hall–Kier alpha value is -1.24. The van der Waals surface area contributed by atoms with Gasteiger partial charge in [-0.2, -0.15) is 0 Å². The third kappa shape index (κ3) is 4.79. The van der Waals surface area contributed by atoms with E-state index in [-0.39, 0.29) is 23.9 Å². The molecule has 1 amide bonds. The molecular formula is C19H22NO4PS2. The highest BCUT2D eigenvalue weighted by Gasteiger charge is 2.37. The van der Waals surface area contributed by atoms with Gasteiger partial charge in [-0.1, -0.05) is 73.4 Å². The molecule has 5 nitrogen and oxygen atoms in total. The van der Waals surface area contributed by atoms with Crippen molar-refractivity contribution >= 4 is 47.4 Å². The van der Waals surface area contributed by atoms with E-state index in [4.69, 9.17) is 22.0 Å². The summed E-state index contributed by atoms with van der Waals surface area (Å²) in [6.07, 6.45) is 7.58. The lowest BCUT2D eigenvalue weighted by molar-refractivity contribution is -0.125. The van der Waals surface area contributed by atoms with Crippen molar-refractivity contribution in [2.24, 2.45) is 0 Å². The lowest BCUT2D eigenvalue weighted by Crippen LogP contribution is -2.33. The lowest BCUT2D eigenvalue weighted by Gasteiger charge is -2.21. The molecule has 2 atom stereocenters. The SMILES string of the molecule is CCC1C=CC(=CCC2SC(=S)N(CCP(=O)(O)O)C2=O)c2ccccc21. The molecule has 0 saturated carbocycles. The summed E-state index contributed by atoms with van der Waals surface area (Å²) in [6.45, 7) is 2.13. The Labute approximate surface area is 168 Å².